The third-order valence-corrected chi connectivity index (χ3v) is 2.63. The molecule has 0 saturated heterocycles. The highest BCUT2D eigenvalue weighted by atomic mass is 16.5. The van der Waals surface area contributed by atoms with Gasteiger partial charge in [-0.25, -0.2) is 4.98 Å². The van der Waals surface area contributed by atoms with Gasteiger partial charge >= 0.3 is 0 Å². The number of aryl methyl sites for hydroxylation is 2. The van der Waals surface area contributed by atoms with Crippen LogP contribution in [0.25, 0.3) is 16.9 Å². The summed E-state index contributed by atoms with van der Waals surface area (Å²) in [6, 6.07) is 4.05. The maximum absolute atomic E-state index is 5.04. The van der Waals surface area contributed by atoms with Crippen LogP contribution in [0.3, 0.4) is 0 Å². The SMILES string of the molecule is Cc1ccc2nc(-c3cnoc3C)cn2c1. The standard InChI is InChI=1S/C12H11N3O/c1-8-3-4-12-14-11(7-15(12)6-8)10-5-13-16-9(10)2/h3-7H,1-2H3. The second kappa shape index (κ2) is 3.20. The van der Waals surface area contributed by atoms with Crippen LogP contribution >= 0.6 is 0 Å². The molecule has 3 aromatic rings. The highest BCUT2D eigenvalue weighted by Crippen LogP contribution is 2.22. The minimum Gasteiger partial charge on any atom is -0.361 e. The van der Waals surface area contributed by atoms with E-state index >= 15 is 0 Å². The predicted molar refractivity (Wildman–Crippen MR) is 60.2 cm³/mol. The summed E-state index contributed by atoms with van der Waals surface area (Å²) in [5.74, 6) is 0.792. The van der Waals surface area contributed by atoms with E-state index in [2.05, 4.69) is 23.3 Å². The largest absolute Gasteiger partial charge is 0.361 e. The first-order chi connectivity index (χ1) is 7.74. The van der Waals surface area contributed by atoms with E-state index in [0.29, 0.717) is 0 Å². The Balaban J connectivity index is 2.23. The normalized spacial score (nSPS) is 11.1. The van der Waals surface area contributed by atoms with Crippen LogP contribution in [-0.4, -0.2) is 14.5 Å². The molecule has 0 radical (unpaired) electrons. The molecule has 0 spiro atoms. The Bertz CT molecular complexity index is 651. The van der Waals surface area contributed by atoms with Crippen molar-refractivity contribution in [2.45, 2.75) is 13.8 Å². The molecule has 4 heteroatoms. The second-order valence-corrected chi connectivity index (χ2v) is 3.89. The van der Waals surface area contributed by atoms with Crippen molar-refractivity contribution in [1.29, 1.82) is 0 Å². The summed E-state index contributed by atoms with van der Waals surface area (Å²) in [4.78, 5) is 4.52. The fraction of sp³-hybridized carbons (Fsp3) is 0.167. The molecule has 4 nitrogen and oxygen atoms in total. The van der Waals surface area contributed by atoms with Gasteiger partial charge in [0.25, 0.3) is 0 Å². The van der Waals surface area contributed by atoms with Gasteiger partial charge in [0.05, 0.1) is 17.5 Å². The molecule has 0 amide bonds. The molecule has 0 saturated carbocycles. The molecule has 0 aliphatic carbocycles. The summed E-state index contributed by atoms with van der Waals surface area (Å²) in [6.07, 6.45) is 5.74. The van der Waals surface area contributed by atoms with Gasteiger partial charge in [-0.3, -0.25) is 0 Å². The Labute approximate surface area is 92.5 Å². The van der Waals surface area contributed by atoms with Crippen LogP contribution in [0.2, 0.25) is 0 Å². The summed E-state index contributed by atoms with van der Waals surface area (Å²) in [7, 11) is 0. The van der Waals surface area contributed by atoms with Gasteiger partial charge < -0.3 is 8.92 Å². The van der Waals surface area contributed by atoms with Crippen molar-refractivity contribution in [3.8, 4) is 11.3 Å². The van der Waals surface area contributed by atoms with E-state index in [1.807, 2.05) is 29.7 Å². The number of nitrogens with zero attached hydrogens (tertiary/aromatic N) is 3. The van der Waals surface area contributed by atoms with Gasteiger partial charge in [0.15, 0.2) is 0 Å². The van der Waals surface area contributed by atoms with E-state index in [0.717, 1.165) is 22.7 Å². The summed E-state index contributed by atoms with van der Waals surface area (Å²) >= 11 is 0. The Kier molecular flexibility index (Phi) is 1.83. The number of hydrogen-bond donors (Lipinski definition) is 0. The average Bonchev–Trinajstić information content (AvgIpc) is 2.82. The molecule has 0 atom stereocenters. The van der Waals surface area contributed by atoms with Crippen LogP contribution in [0.5, 0.6) is 0 Å². The summed E-state index contributed by atoms with van der Waals surface area (Å²) < 4.78 is 7.05. The minimum atomic E-state index is 0.792. The molecule has 80 valence electrons. The molecule has 3 heterocycles. The van der Waals surface area contributed by atoms with Gasteiger partial charge in [0.2, 0.25) is 0 Å². The Morgan fingerprint density at radius 3 is 2.81 bits per heavy atom. The molecule has 0 N–H and O–H groups in total. The third-order valence-electron chi connectivity index (χ3n) is 2.63. The van der Waals surface area contributed by atoms with Gasteiger partial charge in [-0.2, -0.15) is 0 Å². The lowest BCUT2D eigenvalue weighted by molar-refractivity contribution is 0.398. The van der Waals surface area contributed by atoms with Gasteiger partial charge in [-0.05, 0) is 25.5 Å². The molecule has 3 aromatic heterocycles. The lowest BCUT2D eigenvalue weighted by atomic mass is 10.2. The Morgan fingerprint density at radius 2 is 2.06 bits per heavy atom. The van der Waals surface area contributed by atoms with E-state index in [4.69, 9.17) is 4.52 Å². The Morgan fingerprint density at radius 1 is 1.19 bits per heavy atom. The number of fused-ring (bicyclic) bond motifs is 1. The van der Waals surface area contributed by atoms with Crippen LogP contribution in [0.4, 0.5) is 0 Å². The molecule has 16 heavy (non-hydrogen) atoms. The van der Waals surface area contributed by atoms with Crippen molar-refractivity contribution in [1.82, 2.24) is 14.5 Å². The Hall–Kier alpha value is -2.10. The van der Waals surface area contributed by atoms with Gasteiger partial charge in [-0.1, -0.05) is 11.2 Å². The first-order valence-electron chi connectivity index (χ1n) is 5.11. The summed E-state index contributed by atoms with van der Waals surface area (Å²) in [6.45, 7) is 3.95. The van der Waals surface area contributed by atoms with E-state index in [1.54, 1.807) is 6.20 Å². The molecule has 0 unspecified atom stereocenters. The first-order valence-corrected chi connectivity index (χ1v) is 5.11. The number of rotatable bonds is 1. The van der Waals surface area contributed by atoms with Crippen molar-refractivity contribution >= 4 is 5.65 Å². The molecule has 0 aromatic carbocycles. The molecule has 0 bridgehead atoms. The fourth-order valence-electron chi connectivity index (χ4n) is 1.78. The molecular weight excluding hydrogens is 202 g/mol. The highest BCUT2D eigenvalue weighted by Gasteiger charge is 2.09. The third kappa shape index (κ3) is 1.31. The lowest BCUT2D eigenvalue weighted by Crippen LogP contribution is -1.82. The zero-order chi connectivity index (χ0) is 11.1. The highest BCUT2D eigenvalue weighted by molar-refractivity contribution is 5.63. The van der Waals surface area contributed by atoms with Crippen LogP contribution in [-0.2, 0) is 0 Å². The second-order valence-electron chi connectivity index (χ2n) is 3.89. The van der Waals surface area contributed by atoms with Crippen LogP contribution in [0.15, 0.2) is 35.2 Å². The topological polar surface area (TPSA) is 43.3 Å². The number of hydrogen-bond acceptors (Lipinski definition) is 3. The van der Waals surface area contributed by atoms with E-state index in [9.17, 15) is 0 Å². The lowest BCUT2D eigenvalue weighted by Gasteiger charge is -1.92. The number of pyridine rings is 1. The van der Waals surface area contributed by atoms with Crippen molar-refractivity contribution < 1.29 is 4.52 Å². The first kappa shape index (κ1) is 9.15. The van der Waals surface area contributed by atoms with Gasteiger partial charge in [-0.15, -0.1) is 0 Å². The van der Waals surface area contributed by atoms with Crippen LogP contribution in [0, 0.1) is 13.8 Å². The maximum atomic E-state index is 5.04. The summed E-state index contributed by atoms with van der Waals surface area (Å²) in [5.41, 5.74) is 3.98. The van der Waals surface area contributed by atoms with E-state index < -0.39 is 0 Å². The maximum Gasteiger partial charge on any atom is 0.143 e. The van der Waals surface area contributed by atoms with Crippen molar-refractivity contribution in [2.24, 2.45) is 0 Å². The fourth-order valence-corrected chi connectivity index (χ4v) is 1.78. The zero-order valence-corrected chi connectivity index (χ0v) is 9.14. The van der Waals surface area contributed by atoms with Crippen molar-refractivity contribution in [3.05, 3.63) is 42.0 Å². The molecule has 0 fully saturated rings. The smallest absolute Gasteiger partial charge is 0.143 e. The quantitative estimate of drug-likeness (QED) is 0.624. The van der Waals surface area contributed by atoms with E-state index in [1.165, 1.54) is 5.56 Å². The molecule has 3 rings (SSSR count). The zero-order valence-electron chi connectivity index (χ0n) is 9.14. The van der Waals surface area contributed by atoms with Gasteiger partial charge in [0, 0.05) is 12.4 Å². The molecule has 0 aliphatic rings. The summed E-state index contributed by atoms with van der Waals surface area (Å²) in [5, 5.41) is 3.76. The number of imidazole rings is 1. The molecular formula is C12H11N3O. The van der Waals surface area contributed by atoms with Crippen molar-refractivity contribution in [3.63, 3.8) is 0 Å². The molecule has 0 aliphatic heterocycles. The average molecular weight is 213 g/mol. The monoisotopic (exact) mass is 213 g/mol. The minimum absolute atomic E-state index is 0.792. The van der Waals surface area contributed by atoms with Crippen LogP contribution in [0.1, 0.15) is 11.3 Å². The number of aromatic nitrogens is 3. The van der Waals surface area contributed by atoms with Crippen LogP contribution < -0.4 is 0 Å². The predicted octanol–water partition coefficient (Wildman–Crippen LogP) is 2.61. The van der Waals surface area contributed by atoms with E-state index in [-0.39, 0.29) is 0 Å². The van der Waals surface area contributed by atoms with Gasteiger partial charge in [0.1, 0.15) is 11.4 Å². The van der Waals surface area contributed by atoms with Crippen molar-refractivity contribution in [2.75, 3.05) is 0 Å².